The van der Waals surface area contributed by atoms with Gasteiger partial charge in [-0.3, -0.25) is 14.7 Å². The van der Waals surface area contributed by atoms with Gasteiger partial charge >= 0.3 is 0 Å². The predicted octanol–water partition coefficient (Wildman–Crippen LogP) is -0.241. The van der Waals surface area contributed by atoms with Gasteiger partial charge in [0.2, 0.25) is 0 Å². The van der Waals surface area contributed by atoms with Crippen molar-refractivity contribution in [2.45, 2.75) is 37.6 Å². The maximum absolute atomic E-state index is 13.7. The number of carbonyl (C=O) groups excluding carboxylic acids is 1. The van der Waals surface area contributed by atoms with Gasteiger partial charge in [-0.25, -0.2) is 14.4 Å². The highest BCUT2D eigenvalue weighted by atomic mass is 19.1. The van der Waals surface area contributed by atoms with Crippen LogP contribution >= 0.6 is 0 Å². The quantitative estimate of drug-likeness (QED) is 0.432. The smallest absolute Gasteiger partial charge is 0.275 e. The number of aromatic nitrogens is 5. The van der Waals surface area contributed by atoms with E-state index in [0.717, 1.165) is 16.8 Å². The van der Waals surface area contributed by atoms with Crippen molar-refractivity contribution in [2.75, 3.05) is 12.4 Å². The zero-order chi connectivity index (χ0) is 22.3. The van der Waals surface area contributed by atoms with Gasteiger partial charge in [-0.15, -0.1) is 0 Å². The van der Waals surface area contributed by atoms with Crippen LogP contribution in [0.25, 0.3) is 11.0 Å². The molecule has 0 saturated heterocycles. The van der Waals surface area contributed by atoms with E-state index in [1.807, 2.05) is 0 Å². The van der Waals surface area contributed by atoms with E-state index in [1.54, 1.807) is 0 Å². The summed E-state index contributed by atoms with van der Waals surface area (Å²) in [5.41, 5.74) is 0.0362. The lowest BCUT2D eigenvalue weighted by molar-refractivity contribution is 0.0392. The van der Waals surface area contributed by atoms with Gasteiger partial charge in [-0.05, 0) is 18.9 Å². The monoisotopic (exact) mass is 431 g/mol. The normalized spacial score (nSPS) is 20.9. The lowest BCUT2D eigenvalue weighted by atomic mass is 10.2. The van der Waals surface area contributed by atoms with Gasteiger partial charge < -0.3 is 25.0 Å². The Morgan fingerprint density at radius 3 is 2.87 bits per heavy atom. The van der Waals surface area contributed by atoms with Crippen LogP contribution in [0.2, 0.25) is 0 Å². The standard InChI is InChI=1S/C19H22FN7O4/c1-26(6-9-5-10(20)7-27(2)18(9)30)19(31)14-13-16(21-8-22-17(13)25-24-14)23-11-3-4-12(28)15(11)29/h5,7-8,11-12,15,28-29H,3-4,6H2,1-2H3,(H2,21,22,23,24,25)/t11-,12-,15+/m1/s1. The second-order valence-corrected chi connectivity index (χ2v) is 7.67. The van der Waals surface area contributed by atoms with Crippen LogP contribution in [0, 0.1) is 5.82 Å². The molecule has 31 heavy (non-hydrogen) atoms. The number of hydrogen-bond donors (Lipinski definition) is 4. The molecule has 11 nitrogen and oxygen atoms in total. The number of H-pyrrole nitrogens is 1. The van der Waals surface area contributed by atoms with Crippen molar-refractivity contribution in [3.8, 4) is 0 Å². The van der Waals surface area contributed by atoms with Crippen molar-refractivity contribution in [3.63, 3.8) is 0 Å². The molecule has 0 spiro atoms. The summed E-state index contributed by atoms with van der Waals surface area (Å²) in [6.07, 6.45) is 1.52. The average molecular weight is 431 g/mol. The molecule has 3 aromatic rings. The zero-order valence-electron chi connectivity index (χ0n) is 16.9. The van der Waals surface area contributed by atoms with Crippen molar-refractivity contribution in [2.24, 2.45) is 7.05 Å². The van der Waals surface area contributed by atoms with Crippen LogP contribution in [-0.2, 0) is 13.6 Å². The van der Waals surface area contributed by atoms with Crippen LogP contribution in [0.4, 0.5) is 10.2 Å². The number of halogens is 1. The largest absolute Gasteiger partial charge is 0.390 e. The fourth-order valence-corrected chi connectivity index (χ4v) is 3.77. The molecule has 1 amide bonds. The summed E-state index contributed by atoms with van der Waals surface area (Å²) >= 11 is 0. The molecule has 12 heteroatoms. The van der Waals surface area contributed by atoms with Crippen molar-refractivity contribution in [1.82, 2.24) is 29.6 Å². The van der Waals surface area contributed by atoms with Gasteiger partial charge in [-0.2, -0.15) is 5.10 Å². The first-order chi connectivity index (χ1) is 14.8. The molecule has 1 saturated carbocycles. The van der Waals surface area contributed by atoms with Crippen molar-refractivity contribution >= 4 is 22.8 Å². The average Bonchev–Trinajstić information content (AvgIpc) is 3.30. The van der Waals surface area contributed by atoms with Crippen LogP contribution in [0.1, 0.15) is 28.9 Å². The number of pyridine rings is 1. The number of nitrogens with one attached hydrogen (secondary N) is 2. The van der Waals surface area contributed by atoms with E-state index in [2.05, 4.69) is 25.5 Å². The molecule has 1 aliphatic rings. The van der Waals surface area contributed by atoms with Crippen LogP contribution in [0.5, 0.6) is 0 Å². The van der Waals surface area contributed by atoms with E-state index in [1.165, 1.54) is 25.3 Å². The fourth-order valence-electron chi connectivity index (χ4n) is 3.77. The van der Waals surface area contributed by atoms with Gasteiger partial charge in [0.25, 0.3) is 11.5 Å². The molecule has 1 aliphatic carbocycles. The van der Waals surface area contributed by atoms with E-state index < -0.39 is 35.5 Å². The maximum Gasteiger partial charge on any atom is 0.275 e. The predicted molar refractivity (Wildman–Crippen MR) is 108 cm³/mol. The van der Waals surface area contributed by atoms with Crippen LogP contribution in [-0.4, -0.2) is 71.1 Å². The van der Waals surface area contributed by atoms with E-state index in [-0.39, 0.29) is 23.6 Å². The number of anilines is 1. The second kappa shape index (κ2) is 8.04. The molecule has 0 aliphatic heterocycles. The molecule has 0 unspecified atom stereocenters. The van der Waals surface area contributed by atoms with Gasteiger partial charge in [0.1, 0.15) is 18.0 Å². The summed E-state index contributed by atoms with van der Waals surface area (Å²) in [4.78, 5) is 34.8. The number of aliphatic hydroxyl groups is 2. The molecule has 0 radical (unpaired) electrons. The highest BCUT2D eigenvalue weighted by Gasteiger charge is 2.34. The SMILES string of the molecule is CN(Cc1cc(F)cn(C)c1=O)C(=O)c1n[nH]c2ncnc(N[C@@H]3CC[C@@H](O)[C@H]3O)c12. The molecule has 1 fully saturated rings. The third kappa shape index (κ3) is 3.86. The Labute approximate surface area is 175 Å². The molecular formula is C19H22FN7O4. The Hall–Kier alpha value is -3.38. The van der Waals surface area contributed by atoms with Crippen LogP contribution in [0.15, 0.2) is 23.4 Å². The highest BCUT2D eigenvalue weighted by Crippen LogP contribution is 2.28. The Balaban J connectivity index is 1.63. The Morgan fingerprint density at radius 1 is 1.39 bits per heavy atom. The van der Waals surface area contributed by atoms with Gasteiger partial charge in [0.15, 0.2) is 11.3 Å². The fraction of sp³-hybridized carbons (Fsp3) is 0.421. The number of aromatic amines is 1. The minimum atomic E-state index is -0.970. The lowest BCUT2D eigenvalue weighted by Crippen LogP contribution is -2.34. The molecule has 4 N–H and O–H groups in total. The first-order valence-electron chi connectivity index (χ1n) is 9.68. The topological polar surface area (TPSA) is 149 Å². The summed E-state index contributed by atoms with van der Waals surface area (Å²) in [6, 6.07) is 0.650. The molecular weight excluding hydrogens is 409 g/mol. The summed E-state index contributed by atoms with van der Waals surface area (Å²) < 4.78 is 14.8. The zero-order valence-corrected chi connectivity index (χ0v) is 16.9. The van der Waals surface area contributed by atoms with Gasteiger partial charge in [0.05, 0.1) is 30.2 Å². The molecule has 3 atom stereocenters. The molecule has 0 bridgehead atoms. The van der Waals surface area contributed by atoms with Crippen molar-refractivity contribution < 1.29 is 19.4 Å². The second-order valence-electron chi connectivity index (χ2n) is 7.67. The van der Waals surface area contributed by atoms with E-state index in [4.69, 9.17) is 0 Å². The Kier molecular flexibility index (Phi) is 5.41. The van der Waals surface area contributed by atoms with Crippen LogP contribution < -0.4 is 10.9 Å². The van der Waals surface area contributed by atoms with Crippen molar-refractivity contribution in [3.05, 3.63) is 46.0 Å². The summed E-state index contributed by atoms with van der Waals surface area (Å²) in [6.45, 7) is -0.123. The number of nitrogens with zero attached hydrogens (tertiary/aromatic N) is 5. The number of aliphatic hydroxyl groups excluding tert-OH is 2. The van der Waals surface area contributed by atoms with Crippen molar-refractivity contribution in [1.29, 1.82) is 0 Å². The molecule has 3 heterocycles. The molecule has 164 valence electrons. The lowest BCUT2D eigenvalue weighted by Gasteiger charge is -2.19. The van der Waals surface area contributed by atoms with Gasteiger partial charge in [-0.1, -0.05) is 0 Å². The third-order valence-electron chi connectivity index (χ3n) is 5.44. The molecule has 3 aromatic heterocycles. The number of amides is 1. The summed E-state index contributed by atoms with van der Waals surface area (Å²) in [7, 11) is 2.91. The highest BCUT2D eigenvalue weighted by molar-refractivity contribution is 6.07. The number of rotatable bonds is 5. The summed E-state index contributed by atoms with van der Waals surface area (Å²) in [5, 5.41) is 30.0. The van der Waals surface area contributed by atoms with Gasteiger partial charge in [0, 0.05) is 25.9 Å². The molecule has 4 rings (SSSR count). The Morgan fingerprint density at radius 2 is 2.16 bits per heavy atom. The summed E-state index contributed by atoms with van der Waals surface area (Å²) in [5.74, 6) is -0.821. The van der Waals surface area contributed by atoms with Crippen LogP contribution in [0.3, 0.4) is 0 Å². The third-order valence-corrected chi connectivity index (χ3v) is 5.44. The number of carbonyl (C=O) groups is 1. The maximum atomic E-state index is 13.7. The first-order valence-corrected chi connectivity index (χ1v) is 9.68. The number of aryl methyl sites for hydroxylation is 1. The minimum Gasteiger partial charge on any atom is -0.390 e. The van der Waals surface area contributed by atoms with E-state index >= 15 is 0 Å². The van der Waals surface area contributed by atoms with E-state index in [9.17, 15) is 24.2 Å². The van der Waals surface area contributed by atoms with E-state index in [0.29, 0.717) is 23.9 Å². The Bertz CT molecular complexity index is 1190. The number of fused-ring (bicyclic) bond motifs is 1. The number of hydrogen-bond acceptors (Lipinski definition) is 8. The molecule has 0 aromatic carbocycles. The first kappa shape index (κ1) is 20.9. The minimum absolute atomic E-state index is 0.0156.